The maximum absolute atomic E-state index is 13.6. The molecule has 2 atom stereocenters. The van der Waals surface area contributed by atoms with Crippen LogP contribution in [0, 0.1) is 18.7 Å². The molecule has 2 aromatic rings. The SMILES string of the molecule is Cc1cc(NC(=O)c2c3c(cn2C)S(=O)(=O)N[C@@H]2CN(C(=O)OC(C)(C)C)C[C@H]2CO3)ccc1F. The van der Waals surface area contributed by atoms with Crippen molar-refractivity contribution in [1.82, 2.24) is 14.2 Å². The maximum Gasteiger partial charge on any atom is 0.410 e. The van der Waals surface area contributed by atoms with E-state index in [1.54, 1.807) is 34.7 Å². The van der Waals surface area contributed by atoms with Crippen LogP contribution in [-0.2, 0) is 21.8 Å². The second-order valence-electron chi connectivity index (χ2n) is 9.88. The Hall–Kier alpha value is -3.12. The van der Waals surface area contributed by atoms with Crippen LogP contribution in [0.5, 0.6) is 5.75 Å². The molecule has 190 valence electrons. The number of likely N-dealkylation sites (tertiary alicyclic amines) is 1. The molecular weight excluding hydrogens is 479 g/mol. The number of nitrogens with one attached hydrogen (secondary N) is 2. The number of nitrogens with zero attached hydrogens (tertiary/aromatic N) is 2. The van der Waals surface area contributed by atoms with Gasteiger partial charge in [0.1, 0.15) is 16.3 Å². The molecule has 0 radical (unpaired) electrons. The number of aryl methyl sites for hydroxylation is 2. The van der Waals surface area contributed by atoms with E-state index < -0.39 is 39.5 Å². The first-order valence-electron chi connectivity index (χ1n) is 11.1. The van der Waals surface area contributed by atoms with Gasteiger partial charge in [0, 0.05) is 44.0 Å². The van der Waals surface area contributed by atoms with Crippen molar-refractivity contribution < 1.29 is 31.9 Å². The zero-order valence-corrected chi connectivity index (χ0v) is 21.0. The van der Waals surface area contributed by atoms with Crippen molar-refractivity contribution >= 4 is 27.7 Å². The van der Waals surface area contributed by atoms with E-state index in [4.69, 9.17) is 9.47 Å². The highest BCUT2D eigenvalue weighted by molar-refractivity contribution is 7.89. The number of amides is 2. The summed E-state index contributed by atoms with van der Waals surface area (Å²) in [5.74, 6) is -1.43. The quantitative estimate of drug-likeness (QED) is 0.644. The van der Waals surface area contributed by atoms with E-state index in [0.29, 0.717) is 11.3 Å². The van der Waals surface area contributed by atoms with Crippen molar-refractivity contribution in [2.75, 3.05) is 25.0 Å². The Balaban J connectivity index is 1.59. The Kier molecular flexibility index (Phi) is 6.30. The van der Waals surface area contributed by atoms with E-state index in [0.717, 1.165) is 0 Å². The Bertz CT molecular complexity index is 1280. The van der Waals surface area contributed by atoms with Gasteiger partial charge in [-0.15, -0.1) is 0 Å². The van der Waals surface area contributed by atoms with Crippen LogP contribution in [0.4, 0.5) is 14.9 Å². The number of hydrogen-bond donors (Lipinski definition) is 2. The van der Waals surface area contributed by atoms with Crippen molar-refractivity contribution in [2.45, 2.75) is 44.2 Å². The van der Waals surface area contributed by atoms with E-state index in [-0.39, 0.29) is 42.0 Å². The summed E-state index contributed by atoms with van der Waals surface area (Å²) in [6.45, 7) is 7.30. The van der Waals surface area contributed by atoms with Crippen LogP contribution in [0.25, 0.3) is 0 Å². The molecule has 1 aromatic heterocycles. The van der Waals surface area contributed by atoms with Crippen LogP contribution in [-0.4, -0.2) is 61.2 Å². The smallest absolute Gasteiger partial charge is 0.410 e. The van der Waals surface area contributed by atoms with Gasteiger partial charge >= 0.3 is 6.09 Å². The standard InChI is InChI=1S/C23H29FN4O6S/c1-13-8-15(6-7-16(13)24)25-21(29)19-20-18(11-27(19)5)35(31,32)26-17-10-28(9-14(17)12-33-20)22(30)34-23(2,3)4/h6-8,11,14,17,26H,9-10,12H2,1-5H3,(H,25,29)/t14-,17+/m0/s1. The first-order chi connectivity index (χ1) is 16.2. The Morgan fingerprint density at radius 1 is 1.26 bits per heavy atom. The molecule has 0 bridgehead atoms. The number of benzene rings is 1. The lowest BCUT2D eigenvalue weighted by atomic mass is 10.1. The number of rotatable bonds is 2. The number of aromatic nitrogens is 1. The monoisotopic (exact) mass is 508 g/mol. The molecule has 0 aliphatic carbocycles. The van der Waals surface area contributed by atoms with Gasteiger partial charge in [-0.2, -0.15) is 0 Å². The highest BCUT2D eigenvalue weighted by atomic mass is 32.2. The fraction of sp³-hybridized carbons (Fsp3) is 0.478. The topological polar surface area (TPSA) is 119 Å². The number of fused-ring (bicyclic) bond motifs is 2. The molecule has 1 fully saturated rings. The fourth-order valence-corrected chi connectivity index (χ4v) is 5.67. The van der Waals surface area contributed by atoms with E-state index in [2.05, 4.69) is 10.0 Å². The number of halogens is 1. The molecule has 2 aliphatic heterocycles. The Morgan fingerprint density at radius 3 is 2.63 bits per heavy atom. The summed E-state index contributed by atoms with van der Waals surface area (Å²) in [6, 6.07) is 3.57. The highest BCUT2D eigenvalue weighted by Crippen LogP contribution is 2.35. The molecule has 2 amide bonds. The minimum absolute atomic E-state index is 0.00722. The molecule has 2 aliphatic rings. The summed E-state index contributed by atoms with van der Waals surface area (Å²) >= 11 is 0. The van der Waals surface area contributed by atoms with Gasteiger partial charge in [0.15, 0.2) is 11.4 Å². The lowest BCUT2D eigenvalue weighted by molar-refractivity contribution is 0.0283. The molecular formula is C23H29FN4O6S. The van der Waals surface area contributed by atoms with Crippen molar-refractivity contribution in [3.8, 4) is 5.75 Å². The normalized spacial score (nSPS) is 21.3. The number of sulfonamides is 1. The number of carbonyl (C=O) groups excluding carboxylic acids is 2. The number of ether oxygens (including phenoxy) is 2. The molecule has 1 saturated heterocycles. The average molecular weight is 509 g/mol. The van der Waals surface area contributed by atoms with Gasteiger partial charge in [-0.25, -0.2) is 22.3 Å². The lowest BCUT2D eigenvalue weighted by Gasteiger charge is -2.24. The van der Waals surface area contributed by atoms with Crippen LogP contribution in [0.3, 0.4) is 0 Å². The van der Waals surface area contributed by atoms with Crippen molar-refractivity contribution in [1.29, 1.82) is 0 Å². The molecule has 0 unspecified atom stereocenters. The van der Waals surface area contributed by atoms with Crippen molar-refractivity contribution in [2.24, 2.45) is 13.0 Å². The van der Waals surface area contributed by atoms with E-state index in [1.165, 1.54) is 33.9 Å². The molecule has 12 heteroatoms. The summed E-state index contributed by atoms with van der Waals surface area (Å²) in [6.07, 6.45) is 0.778. The van der Waals surface area contributed by atoms with Crippen LogP contribution in [0.2, 0.25) is 0 Å². The van der Waals surface area contributed by atoms with Crippen LogP contribution < -0.4 is 14.8 Å². The van der Waals surface area contributed by atoms with Crippen LogP contribution in [0.1, 0.15) is 36.8 Å². The predicted molar refractivity (Wildman–Crippen MR) is 125 cm³/mol. The molecule has 35 heavy (non-hydrogen) atoms. The van der Waals surface area contributed by atoms with Gasteiger partial charge in [-0.3, -0.25) is 4.79 Å². The zero-order chi connectivity index (χ0) is 25.7. The minimum Gasteiger partial charge on any atom is -0.489 e. The summed E-state index contributed by atoms with van der Waals surface area (Å²) < 4.78 is 55.4. The average Bonchev–Trinajstić information content (AvgIpc) is 3.27. The van der Waals surface area contributed by atoms with E-state index >= 15 is 0 Å². The van der Waals surface area contributed by atoms with Crippen LogP contribution >= 0.6 is 0 Å². The summed E-state index contributed by atoms with van der Waals surface area (Å²) in [5, 5.41) is 2.67. The molecule has 4 rings (SSSR count). The lowest BCUT2D eigenvalue weighted by Crippen LogP contribution is -2.44. The number of carbonyl (C=O) groups is 2. The van der Waals surface area contributed by atoms with Gasteiger partial charge in [0.05, 0.1) is 6.61 Å². The van der Waals surface area contributed by atoms with Crippen LogP contribution in [0.15, 0.2) is 29.3 Å². The summed E-state index contributed by atoms with van der Waals surface area (Å²) in [5.41, 5.74) is 0.0409. The van der Waals surface area contributed by atoms with Gasteiger partial charge < -0.3 is 24.3 Å². The Morgan fingerprint density at radius 2 is 1.97 bits per heavy atom. The van der Waals surface area contributed by atoms with Gasteiger partial charge in [0.2, 0.25) is 10.0 Å². The molecule has 10 nitrogen and oxygen atoms in total. The number of anilines is 1. The Labute approximate surface area is 203 Å². The number of hydrogen-bond acceptors (Lipinski definition) is 6. The summed E-state index contributed by atoms with van der Waals surface area (Å²) in [7, 11) is -2.52. The third-order valence-corrected chi connectivity index (χ3v) is 7.35. The molecule has 3 heterocycles. The molecule has 0 saturated carbocycles. The maximum atomic E-state index is 13.6. The minimum atomic E-state index is -4.06. The first kappa shape index (κ1) is 25.0. The van der Waals surface area contributed by atoms with Gasteiger partial charge in [-0.05, 0) is 51.5 Å². The van der Waals surface area contributed by atoms with Gasteiger partial charge in [-0.1, -0.05) is 0 Å². The second kappa shape index (κ2) is 8.83. The predicted octanol–water partition coefficient (Wildman–Crippen LogP) is 2.63. The van der Waals surface area contributed by atoms with Gasteiger partial charge in [0.25, 0.3) is 5.91 Å². The third-order valence-electron chi connectivity index (χ3n) is 5.86. The van der Waals surface area contributed by atoms with E-state index in [9.17, 15) is 22.4 Å². The molecule has 0 spiro atoms. The second-order valence-corrected chi connectivity index (χ2v) is 11.6. The fourth-order valence-electron chi connectivity index (χ4n) is 4.19. The molecule has 1 aromatic carbocycles. The van der Waals surface area contributed by atoms with Crippen molar-refractivity contribution in [3.05, 3.63) is 41.5 Å². The zero-order valence-electron chi connectivity index (χ0n) is 20.2. The summed E-state index contributed by atoms with van der Waals surface area (Å²) in [4.78, 5) is 26.9. The van der Waals surface area contributed by atoms with Crippen molar-refractivity contribution in [3.63, 3.8) is 0 Å². The largest absolute Gasteiger partial charge is 0.489 e. The first-order valence-corrected chi connectivity index (χ1v) is 12.6. The third kappa shape index (κ3) is 5.13. The molecule has 2 N–H and O–H groups in total. The highest BCUT2D eigenvalue weighted by Gasteiger charge is 2.43. The van der Waals surface area contributed by atoms with E-state index in [1.807, 2.05) is 0 Å².